The molecule has 2 fully saturated rings. The van der Waals surface area contributed by atoms with E-state index in [0.29, 0.717) is 32.3 Å². The summed E-state index contributed by atoms with van der Waals surface area (Å²) < 4.78 is 23.2. The van der Waals surface area contributed by atoms with E-state index in [4.69, 9.17) is 9.47 Å². The van der Waals surface area contributed by atoms with Crippen molar-refractivity contribution < 1.29 is 28.6 Å². The number of aliphatic hydroxyl groups is 1. The molecule has 7 nitrogen and oxygen atoms in total. The van der Waals surface area contributed by atoms with Gasteiger partial charge in [-0.1, -0.05) is 60.7 Å². The van der Waals surface area contributed by atoms with E-state index in [9.17, 15) is 19.1 Å². The summed E-state index contributed by atoms with van der Waals surface area (Å²) in [5.74, 6) is 0. The van der Waals surface area contributed by atoms with Crippen LogP contribution in [0.5, 0.6) is 0 Å². The summed E-state index contributed by atoms with van der Waals surface area (Å²) in [5, 5.41) is 15.0. The number of amides is 2. The third kappa shape index (κ3) is 10.6. The summed E-state index contributed by atoms with van der Waals surface area (Å²) in [6.07, 6.45) is 3.90. The molecule has 2 amide bonds. The highest BCUT2D eigenvalue weighted by Crippen LogP contribution is 2.21. The Labute approximate surface area is 212 Å². The summed E-state index contributed by atoms with van der Waals surface area (Å²) >= 11 is 0. The molecule has 0 atom stereocenters. The van der Waals surface area contributed by atoms with Crippen molar-refractivity contribution in [3.63, 3.8) is 0 Å². The zero-order valence-electron chi connectivity index (χ0n) is 20.6. The normalized spacial score (nSPS) is 23.4. The second-order valence-electron chi connectivity index (χ2n) is 9.37. The van der Waals surface area contributed by atoms with Crippen LogP contribution in [0.2, 0.25) is 0 Å². The number of alkyl halides is 1. The van der Waals surface area contributed by atoms with Crippen LogP contribution in [0, 0.1) is 0 Å². The van der Waals surface area contributed by atoms with Crippen LogP contribution in [0.3, 0.4) is 0 Å². The van der Waals surface area contributed by atoms with E-state index in [2.05, 4.69) is 10.6 Å². The van der Waals surface area contributed by atoms with Gasteiger partial charge in [-0.3, -0.25) is 0 Å². The van der Waals surface area contributed by atoms with Gasteiger partial charge in [0.2, 0.25) is 0 Å². The van der Waals surface area contributed by atoms with Crippen molar-refractivity contribution in [3.8, 4) is 0 Å². The Balaban J connectivity index is 0.000000201. The highest BCUT2D eigenvalue weighted by molar-refractivity contribution is 5.68. The zero-order chi connectivity index (χ0) is 25.6. The third-order valence-corrected chi connectivity index (χ3v) is 6.42. The van der Waals surface area contributed by atoms with Crippen molar-refractivity contribution in [3.05, 3.63) is 71.8 Å². The summed E-state index contributed by atoms with van der Waals surface area (Å²) in [6.45, 7) is 0.563. The van der Waals surface area contributed by atoms with Crippen LogP contribution in [0.15, 0.2) is 60.7 Å². The first-order chi connectivity index (χ1) is 17.5. The molecule has 0 spiro atoms. The van der Waals surface area contributed by atoms with Gasteiger partial charge < -0.3 is 25.2 Å². The number of alkyl carbamates (subject to hydrolysis) is 2. The van der Waals surface area contributed by atoms with Crippen molar-refractivity contribution in [2.75, 3.05) is 0 Å². The smallest absolute Gasteiger partial charge is 0.407 e. The van der Waals surface area contributed by atoms with E-state index in [1.54, 1.807) is 0 Å². The maximum absolute atomic E-state index is 12.9. The number of ether oxygens (including phenoxy) is 2. The maximum Gasteiger partial charge on any atom is 0.407 e. The largest absolute Gasteiger partial charge is 0.445 e. The molecular weight excluding hydrogens is 463 g/mol. The quantitative estimate of drug-likeness (QED) is 0.493. The van der Waals surface area contributed by atoms with E-state index in [1.807, 2.05) is 60.7 Å². The first-order valence-electron chi connectivity index (χ1n) is 12.7. The van der Waals surface area contributed by atoms with Crippen LogP contribution in [0.1, 0.15) is 62.5 Å². The highest BCUT2D eigenvalue weighted by atomic mass is 19.1. The molecule has 2 aromatic rings. The SMILES string of the molecule is O=C(NC1CCC(F)CC1)OCc1ccccc1.O=C(NC1CCC(O)CC1)OCc1ccccc1. The predicted molar refractivity (Wildman–Crippen MR) is 135 cm³/mol. The lowest BCUT2D eigenvalue weighted by Crippen LogP contribution is -2.38. The molecule has 2 saturated carbocycles. The van der Waals surface area contributed by atoms with Crippen LogP contribution in [-0.2, 0) is 22.7 Å². The zero-order valence-corrected chi connectivity index (χ0v) is 20.6. The van der Waals surface area contributed by atoms with E-state index in [-0.39, 0.29) is 30.9 Å². The Morgan fingerprint density at radius 1 is 0.694 bits per heavy atom. The average Bonchev–Trinajstić information content (AvgIpc) is 2.91. The molecule has 2 aromatic carbocycles. The van der Waals surface area contributed by atoms with Gasteiger partial charge in [0, 0.05) is 12.1 Å². The predicted octanol–water partition coefficient (Wildman–Crippen LogP) is 5.41. The number of rotatable bonds is 6. The highest BCUT2D eigenvalue weighted by Gasteiger charge is 2.22. The molecule has 0 radical (unpaired) electrons. The summed E-state index contributed by atoms with van der Waals surface area (Å²) in [4.78, 5) is 23.1. The number of carbonyl (C=O) groups excluding carboxylic acids is 2. The minimum absolute atomic E-state index is 0.0558. The van der Waals surface area contributed by atoms with Gasteiger partial charge in [0.15, 0.2) is 0 Å². The second kappa shape index (κ2) is 15.1. The number of carbonyl (C=O) groups is 2. The summed E-state index contributed by atoms with van der Waals surface area (Å²) in [6, 6.07) is 19.3. The topological polar surface area (TPSA) is 96.9 Å². The minimum Gasteiger partial charge on any atom is -0.445 e. The van der Waals surface area contributed by atoms with Gasteiger partial charge in [-0.15, -0.1) is 0 Å². The molecule has 2 aliphatic rings. The minimum atomic E-state index is -0.705. The van der Waals surface area contributed by atoms with Crippen LogP contribution < -0.4 is 10.6 Å². The first kappa shape index (κ1) is 27.5. The third-order valence-electron chi connectivity index (χ3n) is 6.42. The molecule has 2 aliphatic carbocycles. The van der Waals surface area contributed by atoms with E-state index in [0.717, 1.165) is 36.8 Å². The number of hydrogen-bond acceptors (Lipinski definition) is 5. The summed E-state index contributed by atoms with van der Waals surface area (Å²) in [5.41, 5.74) is 1.94. The van der Waals surface area contributed by atoms with Gasteiger partial charge in [0.05, 0.1) is 6.10 Å². The molecule has 0 aliphatic heterocycles. The van der Waals surface area contributed by atoms with Crippen molar-refractivity contribution in [1.29, 1.82) is 0 Å². The average molecular weight is 501 g/mol. The molecule has 36 heavy (non-hydrogen) atoms. The summed E-state index contributed by atoms with van der Waals surface area (Å²) in [7, 11) is 0. The van der Waals surface area contributed by atoms with Crippen LogP contribution in [0.4, 0.5) is 14.0 Å². The molecule has 0 saturated heterocycles. The Morgan fingerprint density at radius 2 is 1.08 bits per heavy atom. The van der Waals surface area contributed by atoms with Crippen LogP contribution in [-0.4, -0.2) is 41.7 Å². The molecule has 196 valence electrons. The Morgan fingerprint density at radius 3 is 1.50 bits per heavy atom. The van der Waals surface area contributed by atoms with Crippen LogP contribution >= 0.6 is 0 Å². The lowest BCUT2D eigenvalue weighted by atomic mass is 9.93. The second-order valence-corrected chi connectivity index (χ2v) is 9.37. The lowest BCUT2D eigenvalue weighted by molar-refractivity contribution is 0.104. The number of nitrogens with one attached hydrogen (secondary N) is 2. The molecule has 8 heteroatoms. The van der Waals surface area contributed by atoms with Gasteiger partial charge in [-0.2, -0.15) is 0 Å². The Kier molecular flexibility index (Phi) is 11.5. The molecule has 4 rings (SSSR count). The van der Waals surface area contributed by atoms with E-state index >= 15 is 0 Å². The van der Waals surface area contributed by atoms with Gasteiger partial charge >= 0.3 is 12.2 Å². The number of aliphatic hydroxyl groups excluding tert-OH is 1. The number of halogens is 1. The van der Waals surface area contributed by atoms with Gasteiger partial charge in [-0.25, -0.2) is 14.0 Å². The molecule has 0 bridgehead atoms. The van der Waals surface area contributed by atoms with E-state index < -0.39 is 12.3 Å². The molecule has 0 unspecified atom stereocenters. The van der Waals surface area contributed by atoms with Crippen molar-refractivity contribution in [2.45, 2.75) is 88.9 Å². The fourth-order valence-electron chi connectivity index (χ4n) is 4.28. The van der Waals surface area contributed by atoms with Gasteiger partial charge in [0.25, 0.3) is 0 Å². The number of benzene rings is 2. The van der Waals surface area contributed by atoms with Gasteiger partial charge in [0.1, 0.15) is 19.4 Å². The molecular formula is C28H37FN2O5. The standard InChI is InChI=1S/C14H18FNO2.C14H19NO3/c15-12-6-8-13(9-7-12)16-14(17)18-10-11-4-2-1-3-5-11;16-13-8-6-12(7-9-13)15-14(17)18-10-11-4-2-1-3-5-11/h1-5,12-13H,6-10H2,(H,16,17);1-5,12-13,16H,6-10H2,(H,15,17). The monoisotopic (exact) mass is 500 g/mol. The maximum atomic E-state index is 12.9. The number of hydrogen-bond donors (Lipinski definition) is 3. The molecule has 3 N–H and O–H groups in total. The van der Waals surface area contributed by atoms with Gasteiger partial charge in [-0.05, 0) is 62.5 Å². The van der Waals surface area contributed by atoms with E-state index in [1.165, 1.54) is 0 Å². The Bertz CT molecular complexity index is 823. The fourth-order valence-corrected chi connectivity index (χ4v) is 4.28. The molecule has 0 heterocycles. The molecule has 0 aromatic heterocycles. The van der Waals surface area contributed by atoms with Crippen molar-refractivity contribution in [1.82, 2.24) is 10.6 Å². The van der Waals surface area contributed by atoms with Crippen molar-refractivity contribution in [2.24, 2.45) is 0 Å². The lowest BCUT2D eigenvalue weighted by Gasteiger charge is -2.25. The Hall–Kier alpha value is -3.13. The van der Waals surface area contributed by atoms with Crippen LogP contribution in [0.25, 0.3) is 0 Å². The van der Waals surface area contributed by atoms with Crippen molar-refractivity contribution >= 4 is 12.2 Å². The first-order valence-corrected chi connectivity index (χ1v) is 12.7. The fraction of sp³-hybridized carbons (Fsp3) is 0.500.